The van der Waals surface area contributed by atoms with Gasteiger partial charge in [0.2, 0.25) is 0 Å². The molecule has 84 valence electrons. The summed E-state index contributed by atoms with van der Waals surface area (Å²) in [4.78, 5) is 0. The van der Waals surface area contributed by atoms with Crippen molar-refractivity contribution in [3.63, 3.8) is 0 Å². The van der Waals surface area contributed by atoms with Crippen molar-refractivity contribution in [2.24, 2.45) is 0 Å². The van der Waals surface area contributed by atoms with Gasteiger partial charge in [-0.1, -0.05) is 19.8 Å². The third kappa shape index (κ3) is 3.97. The Labute approximate surface area is 88.4 Å². The average molecular weight is 199 g/mol. The Morgan fingerprint density at radius 3 is 2.64 bits per heavy atom. The van der Waals surface area contributed by atoms with E-state index < -0.39 is 0 Å². The van der Waals surface area contributed by atoms with Crippen LogP contribution in [0.5, 0.6) is 0 Å². The topological polar surface area (TPSA) is 21.3 Å². The number of rotatable bonds is 5. The molecule has 0 aromatic rings. The highest BCUT2D eigenvalue weighted by Crippen LogP contribution is 2.22. The molecule has 1 saturated carbocycles. The molecule has 0 radical (unpaired) electrons. The van der Waals surface area contributed by atoms with E-state index in [1.165, 1.54) is 32.1 Å². The molecule has 0 saturated heterocycles. The predicted molar refractivity (Wildman–Crippen MR) is 60.6 cm³/mol. The van der Waals surface area contributed by atoms with E-state index in [1.54, 1.807) is 0 Å². The molecule has 1 aliphatic rings. The maximum Gasteiger partial charge on any atom is 0.0731 e. The second-order valence-corrected chi connectivity index (χ2v) is 4.57. The fourth-order valence-corrected chi connectivity index (χ4v) is 2.17. The first kappa shape index (κ1) is 12.0. The van der Waals surface area contributed by atoms with Crippen molar-refractivity contribution < 1.29 is 4.74 Å². The Hall–Kier alpha value is -0.0800. The predicted octanol–water partition coefficient (Wildman–Crippen LogP) is 2.72. The van der Waals surface area contributed by atoms with E-state index in [1.807, 2.05) is 0 Å². The third-order valence-corrected chi connectivity index (χ3v) is 2.81. The van der Waals surface area contributed by atoms with Crippen LogP contribution in [-0.4, -0.2) is 24.8 Å². The summed E-state index contributed by atoms with van der Waals surface area (Å²) in [5.41, 5.74) is 0. The van der Waals surface area contributed by atoms with Crippen LogP contribution in [0.15, 0.2) is 0 Å². The summed E-state index contributed by atoms with van der Waals surface area (Å²) in [7, 11) is 0. The van der Waals surface area contributed by atoms with Gasteiger partial charge in [0.05, 0.1) is 12.2 Å². The minimum absolute atomic E-state index is 0.365. The molecule has 2 heteroatoms. The fourth-order valence-electron chi connectivity index (χ4n) is 2.17. The van der Waals surface area contributed by atoms with E-state index in [9.17, 15) is 0 Å². The normalized spacial score (nSPS) is 28.3. The lowest BCUT2D eigenvalue weighted by Gasteiger charge is -2.33. The van der Waals surface area contributed by atoms with E-state index in [4.69, 9.17) is 4.74 Å². The summed E-state index contributed by atoms with van der Waals surface area (Å²) >= 11 is 0. The van der Waals surface area contributed by atoms with E-state index in [0.717, 1.165) is 6.54 Å². The van der Waals surface area contributed by atoms with Crippen molar-refractivity contribution in [1.29, 1.82) is 0 Å². The summed E-state index contributed by atoms with van der Waals surface area (Å²) in [5.74, 6) is 0. The molecule has 0 bridgehead atoms. The van der Waals surface area contributed by atoms with Crippen LogP contribution in [0.4, 0.5) is 0 Å². The molecule has 0 amide bonds. The van der Waals surface area contributed by atoms with Crippen LogP contribution in [0, 0.1) is 0 Å². The second-order valence-electron chi connectivity index (χ2n) is 4.57. The SMILES string of the molecule is CCCNC1CCCCC1OC(C)C. The van der Waals surface area contributed by atoms with E-state index in [2.05, 4.69) is 26.1 Å². The summed E-state index contributed by atoms with van der Waals surface area (Å²) in [6.07, 6.45) is 7.25. The summed E-state index contributed by atoms with van der Waals surface area (Å²) in [5, 5.41) is 3.60. The van der Waals surface area contributed by atoms with Crippen LogP contribution in [0.3, 0.4) is 0 Å². The lowest BCUT2D eigenvalue weighted by atomic mass is 9.92. The zero-order chi connectivity index (χ0) is 10.4. The van der Waals surface area contributed by atoms with E-state index >= 15 is 0 Å². The molecule has 1 N–H and O–H groups in total. The van der Waals surface area contributed by atoms with Gasteiger partial charge in [0.25, 0.3) is 0 Å². The molecule has 0 aromatic carbocycles. The first-order valence-corrected chi connectivity index (χ1v) is 6.13. The Morgan fingerprint density at radius 2 is 2.00 bits per heavy atom. The standard InChI is InChI=1S/C12H25NO/c1-4-9-13-11-7-5-6-8-12(11)14-10(2)3/h10-13H,4-9H2,1-3H3. The average Bonchev–Trinajstić information content (AvgIpc) is 2.16. The molecule has 0 heterocycles. The summed E-state index contributed by atoms with van der Waals surface area (Å²) < 4.78 is 5.94. The highest BCUT2D eigenvalue weighted by Gasteiger charge is 2.25. The van der Waals surface area contributed by atoms with Gasteiger partial charge in [0, 0.05) is 6.04 Å². The van der Waals surface area contributed by atoms with Crippen LogP contribution in [0.1, 0.15) is 52.9 Å². The van der Waals surface area contributed by atoms with Gasteiger partial charge in [-0.25, -0.2) is 0 Å². The Morgan fingerprint density at radius 1 is 1.29 bits per heavy atom. The van der Waals surface area contributed by atoms with E-state index in [-0.39, 0.29) is 0 Å². The smallest absolute Gasteiger partial charge is 0.0731 e. The molecule has 14 heavy (non-hydrogen) atoms. The zero-order valence-electron chi connectivity index (χ0n) is 9.88. The fraction of sp³-hybridized carbons (Fsp3) is 1.00. The molecule has 0 aromatic heterocycles. The quantitative estimate of drug-likeness (QED) is 0.735. The monoisotopic (exact) mass is 199 g/mol. The molecule has 1 fully saturated rings. The lowest BCUT2D eigenvalue weighted by Crippen LogP contribution is -2.44. The van der Waals surface area contributed by atoms with Crippen molar-refractivity contribution in [1.82, 2.24) is 5.32 Å². The Balaban J connectivity index is 2.33. The second kappa shape index (κ2) is 6.41. The maximum absolute atomic E-state index is 5.94. The van der Waals surface area contributed by atoms with Gasteiger partial charge in [-0.2, -0.15) is 0 Å². The van der Waals surface area contributed by atoms with Gasteiger partial charge in [0.1, 0.15) is 0 Å². The van der Waals surface area contributed by atoms with Crippen LogP contribution in [0.2, 0.25) is 0 Å². The highest BCUT2D eigenvalue weighted by atomic mass is 16.5. The number of hydrogen-bond donors (Lipinski definition) is 1. The summed E-state index contributed by atoms with van der Waals surface area (Å²) in [6, 6.07) is 0.603. The number of ether oxygens (including phenoxy) is 1. The van der Waals surface area contributed by atoms with Gasteiger partial charge >= 0.3 is 0 Å². The molecule has 2 nitrogen and oxygen atoms in total. The maximum atomic E-state index is 5.94. The Bertz CT molecular complexity index is 147. The van der Waals surface area contributed by atoms with Crippen LogP contribution < -0.4 is 5.32 Å². The van der Waals surface area contributed by atoms with Gasteiger partial charge in [-0.15, -0.1) is 0 Å². The molecule has 2 unspecified atom stereocenters. The van der Waals surface area contributed by atoms with Crippen LogP contribution in [-0.2, 0) is 4.74 Å². The van der Waals surface area contributed by atoms with Gasteiger partial charge in [-0.05, 0) is 39.7 Å². The molecule has 1 rings (SSSR count). The van der Waals surface area contributed by atoms with Gasteiger partial charge in [-0.3, -0.25) is 0 Å². The molecule has 2 atom stereocenters. The lowest BCUT2D eigenvalue weighted by molar-refractivity contribution is -0.0307. The molecule has 0 spiro atoms. The van der Waals surface area contributed by atoms with Crippen molar-refractivity contribution in [3.8, 4) is 0 Å². The largest absolute Gasteiger partial charge is 0.374 e. The number of hydrogen-bond acceptors (Lipinski definition) is 2. The molecular weight excluding hydrogens is 174 g/mol. The third-order valence-electron chi connectivity index (χ3n) is 2.81. The first-order chi connectivity index (χ1) is 6.74. The molecule has 0 aliphatic heterocycles. The van der Waals surface area contributed by atoms with Crippen molar-refractivity contribution in [2.45, 2.75) is 71.1 Å². The van der Waals surface area contributed by atoms with Crippen molar-refractivity contribution >= 4 is 0 Å². The minimum atomic E-state index is 0.365. The van der Waals surface area contributed by atoms with E-state index in [0.29, 0.717) is 18.2 Å². The summed E-state index contributed by atoms with van der Waals surface area (Å²) in [6.45, 7) is 7.60. The van der Waals surface area contributed by atoms with Gasteiger partial charge in [0.15, 0.2) is 0 Å². The highest BCUT2D eigenvalue weighted by molar-refractivity contribution is 4.82. The number of nitrogens with one attached hydrogen (secondary N) is 1. The Kier molecular flexibility index (Phi) is 5.49. The minimum Gasteiger partial charge on any atom is -0.374 e. The molecular formula is C12H25NO. The van der Waals surface area contributed by atoms with Crippen molar-refractivity contribution in [3.05, 3.63) is 0 Å². The van der Waals surface area contributed by atoms with Crippen LogP contribution in [0.25, 0.3) is 0 Å². The van der Waals surface area contributed by atoms with Crippen molar-refractivity contribution in [2.75, 3.05) is 6.54 Å². The van der Waals surface area contributed by atoms with Gasteiger partial charge < -0.3 is 10.1 Å². The van der Waals surface area contributed by atoms with Crippen LogP contribution >= 0.6 is 0 Å². The first-order valence-electron chi connectivity index (χ1n) is 6.13. The zero-order valence-corrected chi connectivity index (χ0v) is 9.88. The molecule has 1 aliphatic carbocycles.